The summed E-state index contributed by atoms with van der Waals surface area (Å²) in [7, 11) is 0. The van der Waals surface area contributed by atoms with Crippen molar-refractivity contribution in [1.82, 2.24) is 4.65 Å². The van der Waals surface area contributed by atoms with E-state index in [0.29, 0.717) is 30.7 Å². The minimum absolute atomic E-state index is 0.108. The van der Waals surface area contributed by atoms with Crippen molar-refractivity contribution in [2.45, 2.75) is 78.1 Å². The first-order chi connectivity index (χ1) is 13.9. The largest absolute Gasteiger partial charge is 0.627 e. The fourth-order valence-corrected chi connectivity index (χ4v) is 7.47. The number of carbonyl (C=O) groups excluding carboxylic acids is 1. The van der Waals surface area contributed by atoms with Gasteiger partial charge in [-0.05, 0) is 93.1 Å². The van der Waals surface area contributed by atoms with Crippen molar-refractivity contribution >= 4 is 11.7 Å². The van der Waals surface area contributed by atoms with Gasteiger partial charge in [0.25, 0.3) is 0 Å². The molecule has 4 atom stereocenters. The van der Waals surface area contributed by atoms with Crippen molar-refractivity contribution in [2.75, 3.05) is 13.1 Å². The molecule has 4 unspecified atom stereocenters. The Morgan fingerprint density at radius 3 is 2.55 bits per heavy atom. The van der Waals surface area contributed by atoms with E-state index >= 15 is 0 Å². The summed E-state index contributed by atoms with van der Waals surface area (Å²) in [6, 6.07) is 3.87. The van der Waals surface area contributed by atoms with Crippen molar-refractivity contribution in [3.8, 4) is 5.75 Å². The zero-order valence-corrected chi connectivity index (χ0v) is 18.0. The summed E-state index contributed by atoms with van der Waals surface area (Å²) < 4.78 is 5.59. The molecule has 5 rings (SSSR count). The Labute approximate surface area is 174 Å². The standard InChI is InChI=1S/C25H35NO3/c1-17-11-22(26(28)9-3-4-10-26)12-18(2)24(17)29-23(27)6-5-21-14-20-13-19-7-8-25(21,15-19)16-20/h11-12,19-21H,3-10,13-16H2,1-2H3. The lowest BCUT2D eigenvalue weighted by molar-refractivity contribution is -0.135. The second-order valence-corrected chi connectivity index (χ2v) is 10.7. The number of esters is 1. The molecule has 4 fully saturated rings. The van der Waals surface area contributed by atoms with Crippen LogP contribution in [-0.2, 0) is 4.79 Å². The molecule has 3 bridgehead atoms. The predicted octanol–water partition coefficient (Wildman–Crippen LogP) is 5.80. The molecule has 0 N–H and O–H groups in total. The van der Waals surface area contributed by atoms with Crippen molar-refractivity contribution in [1.29, 1.82) is 0 Å². The van der Waals surface area contributed by atoms with Crippen molar-refractivity contribution < 1.29 is 9.53 Å². The Morgan fingerprint density at radius 2 is 1.83 bits per heavy atom. The van der Waals surface area contributed by atoms with Crippen molar-refractivity contribution in [2.24, 2.45) is 23.2 Å². The Balaban J connectivity index is 1.23. The van der Waals surface area contributed by atoms with E-state index in [-0.39, 0.29) is 10.6 Å². The minimum atomic E-state index is -0.234. The molecular formula is C25H35NO3. The molecule has 1 aromatic carbocycles. The Kier molecular flexibility index (Phi) is 4.78. The highest BCUT2D eigenvalue weighted by atomic mass is 16.5. The number of hydrogen-bond acceptors (Lipinski definition) is 3. The maximum Gasteiger partial charge on any atom is 0.311 e. The Bertz CT molecular complexity index is 785. The number of nitrogens with zero attached hydrogens (tertiary/aromatic N) is 1. The van der Waals surface area contributed by atoms with Crippen molar-refractivity contribution in [3.05, 3.63) is 28.5 Å². The summed E-state index contributed by atoms with van der Waals surface area (Å²) in [5.74, 6) is 3.16. The monoisotopic (exact) mass is 397 g/mol. The van der Waals surface area contributed by atoms with Crippen LogP contribution in [0.25, 0.3) is 0 Å². The van der Waals surface area contributed by atoms with Gasteiger partial charge in [-0.3, -0.25) is 4.79 Å². The molecule has 4 heteroatoms. The van der Waals surface area contributed by atoms with E-state index in [1.807, 2.05) is 26.0 Å². The van der Waals surface area contributed by atoms with Gasteiger partial charge in [-0.25, -0.2) is 0 Å². The zero-order valence-electron chi connectivity index (χ0n) is 18.0. The molecule has 3 aliphatic carbocycles. The van der Waals surface area contributed by atoms with Crippen LogP contribution < -0.4 is 9.38 Å². The molecule has 3 saturated carbocycles. The van der Waals surface area contributed by atoms with E-state index in [1.54, 1.807) is 0 Å². The number of rotatable bonds is 5. The third-order valence-corrected chi connectivity index (χ3v) is 8.71. The summed E-state index contributed by atoms with van der Waals surface area (Å²) in [6.45, 7) is 5.23. The predicted molar refractivity (Wildman–Crippen MR) is 116 cm³/mol. The lowest BCUT2D eigenvalue weighted by Crippen LogP contribution is -2.39. The van der Waals surface area contributed by atoms with Gasteiger partial charge in [-0.1, -0.05) is 0 Å². The van der Waals surface area contributed by atoms with Gasteiger partial charge in [0.2, 0.25) is 0 Å². The van der Waals surface area contributed by atoms with Crippen LogP contribution in [0.2, 0.25) is 0 Å². The van der Waals surface area contributed by atoms with Crippen LogP contribution >= 0.6 is 0 Å². The van der Waals surface area contributed by atoms with Crippen LogP contribution in [0.1, 0.15) is 75.3 Å². The van der Waals surface area contributed by atoms with Crippen LogP contribution in [-0.4, -0.2) is 19.1 Å². The smallest absolute Gasteiger partial charge is 0.311 e. The molecule has 1 heterocycles. The van der Waals surface area contributed by atoms with E-state index in [9.17, 15) is 10.0 Å². The molecule has 4 nitrogen and oxygen atoms in total. The molecule has 1 spiro atoms. The first-order valence-corrected chi connectivity index (χ1v) is 11.8. The van der Waals surface area contributed by atoms with Gasteiger partial charge in [0.05, 0.1) is 13.1 Å². The summed E-state index contributed by atoms with van der Waals surface area (Å²) in [6.07, 6.45) is 11.9. The highest BCUT2D eigenvalue weighted by Crippen LogP contribution is 2.65. The highest BCUT2D eigenvalue weighted by molar-refractivity contribution is 5.74. The van der Waals surface area contributed by atoms with E-state index in [0.717, 1.165) is 53.8 Å². The lowest BCUT2D eigenvalue weighted by atomic mass is 9.72. The molecule has 1 saturated heterocycles. The van der Waals surface area contributed by atoms with Crippen LogP contribution in [0, 0.1) is 42.2 Å². The molecule has 4 aliphatic rings. The maximum atomic E-state index is 13.0. The number of fused-ring (bicyclic) bond motifs is 2. The molecule has 29 heavy (non-hydrogen) atoms. The number of hydrogen-bond donors (Lipinski definition) is 0. The number of carbonyl (C=O) groups is 1. The van der Waals surface area contributed by atoms with Gasteiger partial charge in [-0.2, -0.15) is 0 Å². The minimum Gasteiger partial charge on any atom is -0.627 e. The quantitative estimate of drug-likeness (QED) is 0.273. The second kappa shape index (κ2) is 7.09. The van der Waals surface area contributed by atoms with Gasteiger partial charge in [0, 0.05) is 31.4 Å². The van der Waals surface area contributed by atoms with Crippen LogP contribution in [0.4, 0.5) is 5.69 Å². The SMILES string of the molecule is Cc1cc([N+]2([O-])CCCC2)cc(C)c1OC(=O)CCC1CC2CC3CCC1(C3)C2. The first kappa shape index (κ1) is 19.6. The summed E-state index contributed by atoms with van der Waals surface area (Å²) in [5.41, 5.74) is 3.18. The van der Waals surface area contributed by atoms with E-state index in [2.05, 4.69) is 0 Å². The Morgan fingerprint density at radius 1 is 1.14 bits per heavy atom. The fourth-order valence-electron chi connectivity index (χ4n) is 7.47. The van der Waals surface area contributed by atoms with E-state index < -0.39 is 0 Å². The number of quaternary nitrogens is 1. The van der Waals surface area contributed by atoms with Crippen LogP contribution in [0.15, 0.2) is 12.1 Å². The topological polar surface area (TPSA) is 49.4 Å². The molecule has 1 aromatic rings. The van der Waals surface area contributed by atoms with Crippen LogP contribution in [0.5, 0.6) is 5.75 Å². The number of ether oxygens (including phenoxy) is 1. The summed E-state index contributed by atoms with van der Waals surface area (Å²) in [4.78, 5) is 12.7. The lowest BCUT2D eigenvalue weighted by Gasteiger charge is -2.38. The second-order valence-electron chi connectivity index (χ2n) is 10.7. The summed E-state index contributed by atoms with van der Waals surface area (Å²) >= 11 is 0. The van der Waals surface area contributed by atoms with Gasteiger partial charge in [0.1, 0.15) is 11.4 Å². The van der Waals surface area contributed by atoms with Crippen LogP contribution in [0.3, 0.4) is 0 Å². The fraction of sp³-hybridized carbons (Fsp3) is 0.720. The first-order valence-electron chi connectivity index (χ1n) is 11.8. The van der Waals surface area contributed by atoms with E-state index in [1.165, 1.54) is 38.5 Å². The zero-order chi connectivity index (χ0) is 20.2. The molecular weight excluding hydrogens is 362 g/mol. The number of aryl methyl sites for hydroxylation is 2. The third-order valence-electron chi connectivity index (χ3n) is 8.71. The van der Waals surface area contributed by atoms with Gasteiger partial charge in [0.15, 0.2) is 0 Å². The van der Waals surface area contributed by atoms with Crippen molar-refractivity contribution in [3.63, 3.8) is 0 Å². The molecule has 158 valence electrons. The summed E-state index contributed by atoms with van der Waals surface area (Å²) in [5, 5.41) is 13.0. The highest BCUT2D eigenvalue weighted by Gasteiger charge is 2.54. The number of benzene rings is 1. The molecule has 0 radical (unpaired) electrons. The van der Waals surface area contributed by atoms with Gasteiger partial charge < -0.3 is 14.6 Å². The van der Waals surface area contributed by atoms with Gasteiger partial charge >= 0.3 is 5.97 Å². The maximum absolute atomic E-state index is 13.0. The number of hydroxylamine groups is 2. The average molecular weight is 398 g/mol. The third kappa shape index (κ3) is 3.42. The average Bonchev–Trinajstić information content (AvgIpc) is 3.32. The normalized spacial score (nSPS) is 34.5. The van der Waals surface area contributed by atoms with Gasteiger partial charge in [-0.15, -0.1) is 0 Å². The van der Waals surface area contributed by atoms with E-state index in [4.69, 9.17) is 4.74 Å². The molecule has 0 amide bonds. The molecule has 0 aromatic heterocycles. The Hall–Kier alpha value is -1.39. The molecule has 1 aliphatic heterocycles.